The second kappa shape index (κ2) is 6.10. The zero-order valence-corrected chi connectivity index (χ0v) is 14.5. The molecule has 1 saturated heterocycles. The number of hydrogen-bond donors (Lipinski definition) is 0. The van der Waals surface area contributed by atoms with Crippen LogP contribution in [0.3, 0.4) is 0 Å². The van der Waals surface area contributed by atoms with Gasteiger partial charge in [-0.3, -0.25) is 14.2 Å². The van der Waals surface area contributed by atoms with Crippen molar-refractivity contribution in [3.8, 4) is 11.3 Å². The van der Waals surface area contributed by atoms with Crippen LogP contribution in [0.1, 0.15) is 13.3 Å². The summed E-state index contributed by atoms with van der Waals surface area (Å²) < 4.78 is 12.0. The Kier molecular flexibility index (Phi) is 3.93. The van der Waals surface area contributed by atoms with Gasteiger partial charge >= 0.3 is 5.97 Å². The third-order valence-corrected chi connectivity index (χ3v) is 6.00. The standard InChI is InChI=1S/C16H14N2O4S2/c1-2-18-14(19)12-9(10-4-3-6-21-10)8-23-13(12)17-16(18)24-11-5-7-22-15(11)20/h3-4,6,8,11H,2,5,7H2,1H3. The van der Waals surface area contributed by atoms with Gasteiger partial charge in [-0.25, -0.2) is 4.98 Å². The normalized spacial score (nSPS) is 17.5. The van der Waals surface area contributed by atoms with Crippen LogP contribution in [-0.4, -0.2) is 27.4 Å². The maximum absolute atomic E-state index is 13.0. The number of ether oxygens (including phenoxy) is 1. The third kappa shape index (κ3) is 2.46. The summed E-state index contributed by atoms with van der Waals surface area (Å²) in [7, 11) is 0. The van der Waals surface area contributed by atoms with Gasteiger partial charge in [-0.15, -0.1) is 11.3 Å². The molecule has 3 aromatic heterocycles. The molecule has 24 heavy (non-hydrogen) atoms. The van der Waals surface area contributed by atoms with Crippen molar-refractivity contribution in [1.82, 2.24) is 9.55 Å². The van der Waals surface area contributed by atoms with E-state index in [4.69, 9.17) is 9.15 Å². The van der Waals surface area contributed by atoms with Crippen molar-refractivity contribution in [2.45, 2.75) is 30.3 Å². The zero-order valence-electron chi connectivity index (χ0n) is 12.9. The number of thiophene rings is 1. The highest BCUT2D eigenvalue weighted by Gasteiger charge is 2.30. The summed E-state index contributed by atoms with van der Waals surface area (Å²) in [6.07, 6.45) is 2.23. The number of furan rings is 1. The lowest BCUT2D eigenvalue weighted by molar-refractivity contribution is -0.137. The van der Waals surface area contributed by atoms with Gasteiger partial charge in [0.2, 0.25) is 0 Å². The van der Waals surface area contributed by atoms with Crippen molar-refractivity contribution in [3.05, 3.63) is 34.1 Å². The highest BCUT2D eigenvalue weighted by atomic mass is 32.2. The number of aromatic nitrogens is 2. The number of thioether (sulfide) groups is 1. The Morgan fingerprint density at radius 3 is 3.00 bits per heavy atom. The van der Waals surface area contributed by atoms with E-state index in [0.29, 0.717) is 40.7 Å². The Hall–Kier alpha value is -2.06. The molecule has 0 spiro atoms. The van der Waals surface area contributed by atoms with Crippen LogP contribution < -0.4 is 5.56 Å². The van der Waals surface area contributed by atoms with E-state index in [0.717, 1.165) is 5.56 Å². The number of rotatable bonds is 4. The van der Waals surface area contributed by atoms with E-state index in [9.17, 15) is 9.59 Å². The van der Waals surface area contributed by atoms with Gasteiger partial charge in [-0.2, -0.15) is 0 Å². The average molecular weight is 362 g/mol. The first-order valence-electron chi connectivity index (χ1n) is 7.58. The molecule has 0 radical (unpaired) electrons. The van der Waals surface area contributed by atoms with Crippen LogP contribution in [0.4, 0.5) is 0 Å². The first kappa shape index (κ1) is 15.5. The second-order valence-electron chi connectivity index (χ2n) is 5.31. The van der Waals surface area contributed by atoms with Crippen molar-refractivity contribution in [3.63, 3.8) is 0 Å². The molecular weight excluding hydrogens is 348 g/mol. The monoisotopic (exact) mass is 362 g/mol. The molecule has 6 nitrogen and oxygen atoms in total. The van der Waals surface area contributed by atoms with Crippen molar-refractivity contribution >= 4 is 39.3 Å². The molecule has 1 aliphatic heterocycles. The summed E-state index contributed by atoms with van der Waals surface area (Å²) in [5.41, 5.74) is 0.653. The molecular formula is C16H14N2O4S2. The molecule has 1 aliphatic rings. The molecule has 8 heteroatoms. The SMILES string of the molecule is CCn1c(SC2CCOC2=O)nc2scc(-c3ccco3)c2c1=O. The minimum Gasteiger partial charge on any atom is -0.465 e. The number of esters is 1. The van der Waals surface area contributed by atoms with Gasteiger partial charge in [0.25, 0.3) is 5.56 Å². The fourth-order valence-corrected chi connectivity index (χ4v) is 4.79. The molecule has 0 N–H and O–H groups in total. The van der Waals surface area contributed by atoms with E-state index in [1.165, 1.54) is 23.1 Å². The van der Waals surface area contributed by atoms with Crippen LogP contribution in [-0.2, 0) is 16.1 Å². The first-order valence-corrected chi connectivity index (χ1v) is 9.34. The van der Waals surface area contributed by atoms with E-state index in [2.05, 4.69) is 4.98 Å². The number of carbonyl (C=O) groups is 1. The van der Waals surface area contributed by atoms with Crippen molar-refractivity contribution < 1.29 is 13.9 Å². The quantitative estimate of drug-likeness (QED) is 0.524. The zero-order chi connectivity index (χ0) is 16.7. The Labute approximate surface area is 145 Å². The van der Waals surface area contributed by atoms with Crippen LogP contribution in [0.25, 0.3) is 21.5 Å². The van der Waals surface area contributed by atoms with Gasteiger partial charge in [0, 0.05) is 23.9 Å². The molecule has 124 valence electrons. The van der Waals surface area contributed by atoms with Crippen molar-refractivity contribution in [2.24, 2.45) is 0 Å². The lowest BCUT2D eigenvalue weighted by Gasteiger charge is -2.11. The van der Waals surface area contributed by atoms with Gasteiger partial charge in [-0.05, 0) is 19.1 Å². The van der Waals surface area contributed by atoms with Crippen LogP contribution in [0.15, 0.2) is 38.1 Å². The summed E-state index contributed by atoms with van der Waals surface area (Å²) in [6, 6.07) is 3.62. The van der Waals surface area contributed by atoms with Crippen LogP contribution in [0.2, 0.25) is 0 Å². The maximum Gasteiger partial charge on any atom is 0.319 e. The minimum atomic E-state index is -0.295. The smallest absolute Gasteiger partial charge is 0.319 e. The Balaban J connectivity index is 1.85. The topological polar surface area (TPSA) is 74.3 Å². The number of fused-ring (bicyclic) bond motifs is 1. The van der Waals surface area contributed by atoms with E-state index in [-0.39, 0.29) is 16.8 Å². The third-order valence-electron chi connectivity index (χ3n) is 3.90. The highest BCUT2D eigenvalue weighted by molar-refractivity contribution is 8.00. The highest BCUT2D eigenvalue weighted by Crippen LogP contribution is 2.34. The maximum atomic E-state index is 13.0. The van der Waals surface area contributed by atoms with Crippen LogP contribution >= 0.6 is 23.1 Å². The van der Waals surface area contributed by atoms with Gasteiger partial charge in [0.1, 0.15) is 15.8 Å². The molecule has 1 fully saturated rings. The van der Waals surface area contributed by atoms with E-state index in [1.807, 2.05) is 18.4 Å². The molecule has 1 atom stereocenters. The average Bonchev–Trinajstić information content (AvgIpc) is 3.29. The molecule has 0 saturated carbocycles. The van der Waals surface area contributed by atoms with Crippen LogP contribution in [0, 0.1) is 0 Å². The molecule has 3 aromatic rings. The van der Waals surface area contributed by atoms with E-state index < -0.39 is 0 Å². The van der Waals surface area contributed by atoms with Gasteiger partial charge in [-0.1, -0.05) is 11.8 Å². The minimum absolute atomic E-state index is 0.107. The fourth-order valence-electron chi connectivity index (χ4n) is 2.70. The van der Waals surface area contributed by atoms with Crippen molar-refractivity contribution in [2.75, 3.05) is 6.61 Å². The fraction of sp³-hybridized carbons (Fsp3) is 0.312. The van der Waals surface area contributed by atoms with Gasteiger partial charge in [0.15, 0.2) is 5.16 Å². The summed E-state index contributed by atoms with van der Waals surface area (Å²) in [5, 5.41) is 2.72. The number of carbonyl (C=O) groups excluding carboxylic acids is 1. The predicted octanol–water partition coefficient (Wildman–Crippen LogP) is 3.15. The largest absolute Gasteiger partial charge is 0.465 e. The van der Waals surface area contributed by atoms with Crippen LogP contribution in [0.5, 0.6) is 0 Å². The van der Waals surface area contributed by atoms with E-state index >= 15 is 0 Å². The lowest BCUT2D eigenvalue weighted by Crippen LogP contribution is -2.23. The van der Waals surface area contributed by atoms with Gasteiger partial charge in [0.05, 0.1) is 18.3 Å². The molecule has 0 aliphatic carbocycles. The number of nitrogens with zero attached hydrogens (tertiary/aromatic N) is 2. The Morgan fingerprint density at radius 2 is 2.33 bits per heavy atom. The van der Waals surface area contributed by atoms with E-state index in [1.54, 1.807) is 16.9 Å². The molecule has 4 rings (SSSR count). The molecule has 4 heterocycles. The Morgan fingerprint density at radius 1 is 1.46 bits per heavy atom. The van der Waals surface area contributed by atoms with Crippen molar-refractivity contribution in [1.29, 1.82) is 0 Å². The molecule has 1 unspecified atom stereocenters. The summed E-state index contributed by atoms with van der Waals surface area (Å²) in [4.78, 5) is 30.0. The summed E-state index contributed by atoms with van der Waals surface area (Å²) in [6.45, 7) is 2.81. The summed E-state index contributed by atoms with van der Waals surface area (Å²) in [5.74, 6) is 0.419. The molecule has 0 amide bonds. The summed E-state index contributed by atoms with van der Waals surface area (Å²) >= 11 is 2.71. The molecule has 0 bridgehead atoms. The second-order valence-corrected chi connectivity index (χ2v) is 7.34. The van der Waals surface area contributed by atoms with Gasteiger partial charge < -0.3 is 9.15 Å². The number of hydrogen-bond acceptors (Lipinski definition) is 7. The first-order chi connectivity index (χ1) is 11.7. The molecule has 0 aromatic carbocycles. The lowest BCUT2D eigenvalue weighted by atomic mass is 10.2. The predicted molar refractivity (Wildman–Crippen MR) is 92.5 cm³/mol. The Bertz CT molecular complexity index is 959. The number of cyclic esters (lactones) is 1.